The summed E-state index contributed by atoms with van der Waals surface area (Å²) >= 11 is 1.20. The molecule has 1 aliphatic rings. The van der Waals surface area contributed by atoms with Crippen molar-refractivity contribution in [2.24, 2.45) is 0 Å². The minimum absolute atomic E-state index is 0.0876. The molecular formula is C16H21N7O2S. The van der Waals surface area contributed by atoms with E-state index < -0.39 is 0 Å². The summed E-state index contributed by atoms with van der Waals surface area (Å²) in [5, 5.41) is 35.2. The van der Waals surface area contributed by atoms with E-state index in [1.54, 1.807) is 0 Å². The molecule has 2 aromatic heterocycles. The molecule has 2 N–H and O–H groups in total. The number of nitrogens with one attached hydrogen (secondary N) is 1. The zero-order valence-corrected chi connectivity index (χ0v) is 15.4. The molecule has 0 unspecified atom stereocenters. The van der Waals surface area contributed by atoms with Crippen LogP contribution in [0.3, 0.4) is 0 Å². The molecule has 0 fully saturated rings. The van der Waals surface area contributed by atoms with Crippen LogP contribution in [-0.2, 0) is 19.5 Å². The van der Waals surface area contributed by atoms with Crippen LogP contribution in [-0.4, -0.2) is 40.4 Å². The average molecular weight is 375 g/mol. The van der Waals surface area contributed by atoms with E-state index in [0.717, 1.165) is 44.5 Å². The van der Waals surface area contributed by atoms with Crippen molar-refractivity contribution in [1.29, 1.82) is 5.26 Å². The number of fused-ring (bicyclic) bond motifs is 1. The Labute approximate surface area is 154 Å². The number of aliphatic hydroxyl groups is 1. The number of aryl methyl sites for hydroxylation is 1. The molecule has 1 aliphatic heterocycles. The van der Waals surface area contributed by atoms with Gasteiger partial charge in [0.05, 0.1) is 5.75 Å². The van der Waals surface area contributed by atoms with E-state index in [1.165, 1.54) is 16.3 Å². The number of hydrogen-bond donors (Lipinski definition) is 2. The number of nitrogens with zero attached hydrogens (tertiary/aromatic N) is 6. The standard InChI is InChI=1S/C16H21N7O2S/c1-2-7-23-15(25)20-21-16(23)26-10-12(24)11(9-17)14-19-18-13-6-4-3-5-8-22(13)14/h24H,2-8,10H2,1H3,(H,20,25)/b12-11-. The molecule has 0 aromatic carbocycles. The van der Waals surface area contributed by atoms with Gasteiger partial charge in [-0.05, 0) is 19.3 Å². The van der Waals surface area contributed by atoms with Crippen LogP contribution in [0.4, 0.5) is 0 Å². The Balaban J connectivity index is 1.83. The van der Waals surface area contributed by atoms with Crippen molar-refractivity contribution < 1.29 is 5.11 Å². The monoisotopic (exact) mass is 375 g/mol. The van der Waals surface area contributed by atoms with Crippen LogP contribution in [0.1, 0.15) is 44.3 Å². The zero-order chi connectivity index (χ0) is 18.5. The first-order valence-corrected chi connectivity index (χ1v) is 9.67. The summed E-state index contributed by atoms with van der Waals surface area (Å²) in [4.78, 5) is 11.7. The van der Waals surface area contributed by atoms with Crippen LogP contribution in [0.2, 0.25) is 0 Å². The largest absolute Gasteiger partial charge is 0.510 e. The Morgan fingerprint density at radius 3 is 3.00 bits per heavy atom. The van der Waals surface area contributed by atoms with Crippen molar-refractivity contribution in [3.05, 3.63) is 27.9 Å². The van der Waals surface area contributed by atoms with Crippen molar-refractivity contribution in [3.8, 4) is 6.07 Å². The number of aliphatic hydroxyl groups excluding tert-OH is 1. The van der Waals surface area contributed by atoms with Crippen LogP contribution < -0.4 is 5.69 Å². The molecule has 3 heterocycles. The number of aromatic amines is 1. The first kappa shape index (κ1) is 18.3. The predicted molar refractivity (Wildman–Crippen MR) is 96.6 cm³/mol. The van der Waals surface area contributed by atoms with Crippen molar-refractivity contribution in [2.45, 2.75) is 57.3 Å². The molecule has 0 saturated heterocycles. The second-order valence-electron chi connectivity index (χ2n) is 6.09. The Morgan fingerprint density at radius 2 is 2.23 bits per heavy atom. The Hall–Kier alpha value is -2.54. The molecule has 0 radical (unpaired) electrons. The van der Waals surface area contributed by atoms with Gasteiger partial charge in [0.1, 0.15) is 23.2 Å². The van der Waals surface area contributed by atoms with Crippen molar-refractivity contribution in [2.75, 3.05) is 5.75 Å². The zero-order valence-electron chi connectivity index (χ0n) is 14.6. The van der Waals surface area contributed by atoms with Gasteiger partial charge in [-0.2, -0.15) is 5.26 Å². The Kier molecular flexibility index (Phi) is 5.78. The molecule has 0 atom stereocenters. The summed E-state index contributed by atoms with van der Waals surface area (Å²) in [6.45, 7) is 3.26. The molecule has 26 heavy (non-hydrogen) atoms. The number of nitriles is 1. The fraction of sp³-hybridized carbons (Fsp3) is 0.562. The maximum Gasteiger partial charge on any atom is 0.343 e. The SMILES string of the molecule is CCCn1c(SC/C(O)=C(\C#N)c2nnc3n2CCCCC3)n[nH]c1=O. The van der Waals surface area contributed by atoms with Crippen LogP contribution in [0.5, 0.6) is 0 Å². The van der Waals surface area contributed by atoms with E-state index in [-0.39, 0.29) is 22.8 Å². The van der Waals surface area contributed by atoms with Gasteiger partial charge in [0.2, 0.25) is 0 Å². The van der Waals surface area contributed by atoms with Gasteiger partial charge in [-0.25, -0.2) is 9.89 Å². The second kappa shape index (κ2) is 8.23. The van der Waals surface area contributed by atoms with E-state index in [9.17, 15) is 15.2 Å². The highest BCUT2D eigenvalue weighted by molar-refractivity contribution is 7.99. The summed E-state index contributed by atoms with van der Waals surface area (Å²) in [7, 11) is 0. The lowest BCUT2D eigenvalue weighted by Crippen LogP contribution is -2.17. The van der Waals surface area contributed by atoms with Crippen LogP contribution >= 0.6 is 11.8 Å². The molecule has 3 rings (SSSR count). The lowest BCUT2D eigenvalue weighted by atomic mass is 10.2. The number of thioether (sulfide) groups is 1. The molecule has 10 heteroatoms. The Bertz CT molecular complexity index is 903. The minimum atomic E-state index is -0.277. The molecule has 0 spiro atoms. The molecule has 0 amide bonds. The molecule has 0 bridgehead atoms. The van der Waals surface area contributed by atoms with Gasteiger partial charge in [0.15, 0.2) is 11.0 Å². The average Bonchev–Trinajstić information content (AvgIpc) is 3.09. The van der Waals surface area contributed by atoms with E-state index in [1.807, 2.05) is 11.5 Å². The first-order chi connectivity index (χ1) is 12.7. The van der Waals surface area contributed by atoms with Gasteiger partial charge in [0.25, 0.3) is 0 Å². The summed E-state index contributed by atoms with van der Waals surface area (Å²) in [5.41, 5.74) is -0.154. The lowest BCUT2D eigenvalue weighted by molar-refractivity contribution is 0.419. The minimum Gasteiger partial charge on any atom is -0.510 e. The normalized spacial score (nSPS) is 15.1. The van der Waals surface area contributed by atoms with Gasteiger partial charge in [-0.3, -0.25) is 4.57 Å². The maximum atomic E-state index is 11.7. The van der Waals surface area contributed by atoms with E-state index >= 15 is 0 Å². The van der Waals surface area contributed by atoms with E-state index in [2.05, 4.69) is 26.5 Å². The molecule has 2 aromatic rings. The predicted octanol–water partition coefficient (Wildman–Crippen LogP) is 1.88. The van der Waals surface area contributed by atoms with Crippen molar-refractivity contribution >= 4 is 17.3 Å². The lowest BCUT2D eigenvalue weighted by Gasteiger charge is -2.08. The summed E-state index contributed by atoms with van der Waals surface area (Å²) in [5.74, 6) is 1.31. The summed E-state index contributed by atoms with van der Waals surface area (Å²) in [6, 6.07) is 2.05. The topological polar surface area (TPSA) is 125 Å². The molecule has 0 saturated carbocycles. The fourth-order valence-corrected chi connectivity index (χ4v) is 3.80. The fourth-order valence-electron chi connectivity index (χ4n) is 2.95. The number of H-pyrrole nitrogens is 1. The summed E-state index contributed by atoms with van der Waals surface area (Å²) < 4.78 is 3.45. The van der Waals surface area contributed by atoms with Crippen molar-refractivity contribution in [1.82, 2.24) is 29.5 Å². The smallest absolute Gasteiger partial charge is 0.343 e. The Morgan fingerprint density at radius 1 is 1.38 bits per heavy atom. The molecule has 9 nitrogen and oxygen atoms in total. The third-order valence-electron chi connectivity index (χ3n) is 4.24. The molecular weight excluding hydrogens is 354 g/mol. The van der Waals surface area contributed by atoms with Gasteiger partial charge < -0.3 is 9.67 Å². The van der Waals surface area contributed by atoms with Gasteiger partial charge in [-0.1, -0.05) is 25.1 Å². The maximum absolute atomic E-state index is 11.7. The molecule has 0 aliphatic carbocycles. The highest BCUT2D eigenvalue weighted by Crippen LogP contribution is 2.24. The van der Waals surface area contributed by atoms with Crippen LogP contribution in [0, 0.1) is 11.3 Å². The summed E-state index contributed by atoms with van der Waals surface area (Å²) in [6.07, 6.45) is 4.80. The quantitative estimate of drug-likeness (QED) is 0.448. The van der Waals surface area contributed by atoms with Gasteiger partial charge in [0, 0.05) is 19.5 Å². The van der Waals surface area contributed by atoms with Crippen LogP contribution in [0.15, 0.2) is 15.7 Å². The number of hydrogen-bond acceptors (Lipinski definition) is 7. The van der Waals surface area contributed by atoms with E-state index in [4.69, 9.17) is 0 Å². The third-order valence-corrected chi connectivity index (χ3v) is 5.23. The number of aromatic nitrogens is 6. The highest BCUT2D eigenvalue weighted by Gasteiger charge is 2.21. The van der Waals surface area contributed by atoms with Gasteiger partial charge >= 0.3 is 5.69 Å². The van der Waals surface area contributed by atoms with Crippen molar-refractivity contribution in [3.63, 3.8) is 0 Å². The van der Waals surface area contributed by atoms with Gasteiger partial charge in [-0.15, -0.1) is 15.3 Å². The highest BCUT2D eigenvalue weighted by atomic mass is 32.2. The van der Waals surface area contributed by atoms with Crippen LogP contribution in [0.25, 0.3) is 5.57 Å². The second-order valence-corrected chi connectivity index (χ2v) is 7.03. The number of rotatable bonds is 6. The third kappa shape index (κ3) is 3.67. The number of allylic oxidation sites excluding steroid dienone is 1. The van der Waals surface area contributed by atoms with E-state index in [0.29, 0.717) is 17.5 Å². The molecule has 138 valence electrons. The first-order valence-electron chi connectivity index (χ1n) is 8.68.